The zero-order valence-electron chi connectivity index (χ0n) is 18.1. The molecule has 0 aromatic heterocycles. The van der Waals surface area contributed by atoms with E-state index in [4.69, 9.17) is 11.6 Å². The molecule has 6 aromatic carbocycles. The van der Waals surface area contributed by atoms with Crippen LogP contribution in [0.5, 0.6) is 0 Å². The molecule has 0 bridgehead atoms. The van der Waals surface area contributed by atoms with Gasteiger partial charge in [0.2, 0.25) is 0 Å². The smallest absolute Gasteiger partial charge is 0.0496 e. The molecule has 34 heavy (non-hydrogen) atoms. The van der Waals surface area contributed by atoms with Gasteiger partial charge in [-0.2, -0.15) is 0 Å². The van der Waals surface area contributed by atoms with E-state index >= 15 is 0 Å². The SMILES string of the molecule is Clc1ccc2c3c(ccc(Br)c13)-c1c-2c(-c2ccccc2)c2ccccc2c1-c1ccccc1. The fraction of sp³-hybridized carbons (Fsp3) is 0. The van der Waals surface area contributed by atoms with Gasteiger partial charge in [0.15, 0.2) is 0 Å². The minimum absolute atomic E-state index is 0.771. The van der Waals surface area contributed by atoms with Gasteiger partial charge in [0.05, 0.1) is 0 Å². The molecule has 0 aliphatic heterocycles. The van der Waals surface area contributed by atoms with Crippen molar-refractivity contribution in [1.82, 2.24) is 0 Å². The number of hydrogen-bond donors (Lipinski definition) is 0. The van der Waals surface area contributed by atoms with E-state index in [0.717, 1.165) is 14.9 Å². The zero-order chi connectivity index (χ0) is 22.8. The standard InChI is InChI=1S/C32H18BrCl/c33-25-17-15-23-29-24(16-18-26(34)32(25)29)31-28(20-11-5-2-6-12-20)22-14-8-7-13-21(22)27(30(23)31)19-9-3-1-4-10-19/h1-18H. The highest BCUT2D eigenvalue weighted by molar-refractivity contribution is 9.10. The Morgan fingerprint density at radius 3 is 1.44 bits per heavy atom. The van der Waals surface area contributed by atoms with Gasteiger partial charge >= 0.3 is 0 Å². The molecule has 0 spiro atoms. The minimum Gasteiger partial charge on any atom is -0.0836 e. The minimum atomic E-state index is 0.771. The van der Waals surface area contributed by atoms with Crippen molar-refractivity contribution in [2.75, 3.05) is 0 Å². The van der Waals surface area contributed by atoms with E-state index < -0.39 is 0 Å². The molecule has 0 heterocycles. The summed E-state index contributed by atoms with van der Waals surface area (Å²) in [6.45, 7) is 0. The first-order valence-electron chi connectivity index (χ1n) is 11.3. The quantitative estimate of drug-likeness (QED) is 0.214. The second-order valence-electron chi connectivity index (χ2n) is 8.72. The van der Waals surface area contributed by atoms with Crippen LogP contribution in [0.4, 0.5) is 0 Å². The first kappa shape index (κ1) is 20.0. The summed E-state index contributed by atoms with van der Waals surface area (Å²) in [5.41, 5.74) is 10.1. The third kappa shape index (κ3) is 2.72. The maximum Gasteiger partial charge on any atom is 0.0496 e. The summed E-state index contributed by atoms with van der Waals surface area (Å²) in [4.78, 5) is 0. The van der Waals surface area contributed by atoms with Gasteiger partial charge in [-0.25, -0.2) is 0 Å². The topological polar surface area (TPSA) is 0 Å². The van der Waals surface area contributed by atoms with Crippen LogP contribution in [-0.2, 0) is 0 Å². The highest BCUT2D eigenvalue weighted by Crippen LogP contribution is 2.58. The largest absolute Gasteiger partial charge is 0.0836 e. The average Bonchev–Trinajstić information content (AvgIpc) is 3.21. The molecule has 2 heteroatoms. The molecular formula is C32H18BrCl. The lowest BCUT2D eigenvalue weighted by molar-refractivity contribution is 1.62. The summed E-state index contributed by atoms with van der Waals surface area (Å²) in [6, 6.07) is 38.9. The van der Waals surface area contributed by atoms with Crippen LogP contribution >= 0.6 is 27.5 Å². The van der Waals surface area contributed by atoms with Crippen molar-refractivity contribution in [2.45, 2.75) is 0 Å². The number of halogens is 2. The van der Waals surface area contributed by atoms with Crippen molar-refractivity contribution in [1.29, 1.82) is 0 Å². The van der Waals surface area contributed by atoms with Crippen LogP contribution in [0, 0.1) is 0 Å². The third-order valence-corrected chi connectivity index (χ3v) is 7.91. The van der Waals surface area contributed by atoms with E-state index in [1.807, 2.05) is 6.07 Å². The Balaban J connectivity index is 1.78. The van der Waals surface area contributed by atoms with Gasteiger partial charge in [-0.3, -0.25) is 0 Å². The first-order valence-corrected chi connectivity index (χ1v) is 12.5. The highest BCUT2D eigenvalue weighted by Gasteiger charge is 2.31. The van der Waals surface area contributed by atoms with E-state index in [9.17, 15) is 0 Å². The first-order chi connectivity index (χ1) is 16.7. The van der Waals surface area contributed by atoms with Gasteiger partial charge in [-0.05, 0) is 67.4 Å². The Bertz CT molecular complexity index is 1630. The van der Waals surface area contributed by atoms with Crippen molar-refractivity contribution in [3.8, 4) is 44.5 Å². The summed E-state index contributed by atoms with van der Waals surface area (Å²) < 4.78 is 1.03. The Morgan fingerprint density at radius 2 is 0.912 bits per heavy atom. The Labute approximate surface area is 211 Å². The van der Waals surface area contributed by atoms with Crippen LogP contribution in [0.25, 0.3) is 66.1 Å². The van der Waals surface area contributed by atoms with Crippen molar-refractivity contribution < 1.29 is 0 Å². The lowest BCUT2D eigenvalue weighted by Crippen LogP contribution is -1.93. The number of hydrogen-bond acceptors (Lipinski definition) is 0. The van der Waals surface area contributed by atoms with Gasteiger partial charge in [-0.1, -0.05) is 125 Å². The molecule has 0 unspecified atom stereocenters. The molecule has 1 aliphatic carbocycles. The molecule has 0 fully saturated rings. The second-order valence-corrected chi connectivity index (χ2v) is 9.98. The molecule has 0 amide bonds. The molecule has 0 N–H and O–H groups in total. The van der Waals surface area contributed by atoms with Gasteiger partial charge in [0.25, 0.3) is 0 Å². The molecule has 0 nitrogen and oxygen atoms in total. The van der Waals surface area contributed by atoms with Crippen LogP contribution in [-0.4, -0.2) is 0 Å². The predicted octanol–water partition coefficient (Wildman–Crippen LogP) is 10.4. The summed E-state index contributed by atoms with van der Waals surface area (Å²) in [6.07, 6.45) is 0. The highest BCUT2D eigenvalue weighted by atomic mass is 79.9. The summed E-state index contributed by atoms with van der Waals surface area (Å²) >= 11 is 10.5. The van der Waals surface area contributed by atoms with Crippen LogP contribution in [0.2, 0.25) is 5.02 Å². The predicted molar refractivity (Wildman–Crippen MR) is 149 cm³/mol. The molecule has 6 aromatic rings. The molecule has 1 aliphatic rings. The lowest BCUT2D eigenvalue weighted by Gasteiger charge is -2.20. The molecule has 0 saturated heterocycles. The number of fused-ring (bicyclic) bond motifs is 4. The summed E-state index contributed by atoms with van der Waals surface area (Å²) in [5, 5.41) is 5.60. The molecule has 0 radical (unpaired) electrons. The molecule has 7 rings (SSSR count). The Hall–Kier alpha value is -3.39. The number of rotatable bonds is 2. The summed E-state index contributed by atoms with van der Waals surface area (Å²) in [5.74, 6) is 0. The molecule has 0 atom stereocenters. The van der Waals surface area contributed by atoms with Crippen molar-refractivity contribution in [2.24, 2.45) is 0 Å². The second kappa shape index (κ2) is 7.56. The van der Waals surface area contributed by atoms with Crippen molar-refractivity contribution in [3.63, 3.8) is 0 Å². The normalized spacial score (nSPS) is 11.8. The fourth-order valence-corrected chi connectivity index (χ4v) is 6.53. The Kier molecular flexibility index (Phi) is 4.45. The van der Waals surface area contributed by atoms with Gasteiger partial charge in [0.1, 0.15) is 0 Å². The fourth-order valence-electron chi connectivity index (χ4n) is 5.62. The van der Waals surface area contributed by atoms with Gasteiger partial charge < -0.3 is 0 Å². The van der Waals surface area contributed by atoms with E-state index in [-0.39, 0.29) is 0 Å². The maximum atomic E-state index is 6.77. The van der Waals surface area contributed by atoms with Crippen molar-refractivity contribution in [3.05, 3.63) is 119 Å². The maximum absolute atomic E-state index is 6.77. The van der Waals surface area contributed by atoms with Crippen LogP contribution in [0.15, 0.2) is 114 Å². The molecule has 0 saturated carbocycles. The van der Waals surface area contributed by atoms with E-state index in [0.29, 0.717) is 0 Å². The summed E-state index contributed by atoms with van der Waals surface area (Å²) in [7, 11) is 0. The lowest BCUT2D eigenvalue weighted by atomic mass is 9.82. The monoisotopic (exact) mass is 516 g/mol. The molecular weight excluding hydrogens is 500 g/mol. The van der Waals surface area contributed by atoms with Crippen molar-refractivity contribution >= 4 is 49.1 Å². The van der Waals surface area contributed by atoms with Crippen LogP contribution < -0.4 is 0 Å². The van der Waals surface area contributed by atoms with Gasteiger partial charge in [0, 0.05) is 20.3 Å². The zero-order valence-corrected chi connectivity index (χ0v) is 20.5. The van der Waals surface area contributed by atoms with Crippen LogP contribution in [0.3, 0.4) is 0 Å². The Morgan fingerprint density at radius 1 is 0.441 bits per heavy atom. The van der Waals surface area contributed by atoms with Gasteiger partial charge in [-0.15, -0.1) is 0 Å². The molecule has 160 valence electrons. The third-order valence-electron chi connectivity index (χ3n) is 6.94. The van der Waals surface area contributed by atoms with Crippen LogP contribution in [0.1, 0.15) is 0 Å². The van der Waals surface area contributed by atoms with E-state index in [1.54, 1.807) is 0 Å². The number of benzene rings is 6. The van der Waals surface area contributed by atoms with E-state index in [2.05, 4.69) is 119 Å². The average molecular weight is 518 g/mol. The van der Waals surface area contributed by atoms with E-state index in [1.165, 1.54) is 60.7 Å².